The molecule has 0 saturated heterocycles. The zero-order valence-corrected chi connectivity index (χ0v) is 9.75. The van der Waals surface area contributed by atoms with Crippen LogP contribution in [0.1, 0.15) is 0 Å². The first kappa shape index (κ1) is 11.0. The van der Waals surface area contributed by atoms with E-state index in [9.17, 15) is 10.1 Å². The maximum absolute atomic E-state index is 10.9. The van der Waals surface area contributed by atoms with Crippen molar-refractivity contribution < 1.29 is 4.92 Å². The number of nitro groups is 1. The van der Waals surface area contributed by atoms with Crippen LogP contribution in [-0.4, -0.2) is 4.92 Å². The molecule has 0 bridgehead atoms. The van der Waals surface area contributed by atoms with E-state index in [1.165, 1.54) is 17.8 Å². The highest BCUT2D eigenvalue weighted by Crippen LogP contribution is 2.39. The lowest BCUT2D eigenvalue weighted by atomic mass is 10.3. The predicted molar refractivity (Wildman–Crippen MR) is 66.0 cm³/mol. The molecule has 0 radical (unpaired) electrons. The van der Waals surface area contributed by atoms with Crippen LogP contribution in [0, 0.1) is 10.1 Å². The van der Waals surface area contributed by atoms with E-state index in [2.05, 4.69) is 0 Å². The summed E-state index contributed by atoms with van der Waals surface area (Å²) in [6.45, 7) is 0. The van der Waals surface area contributed by atoms with Crippen LogP contribution in [0.2, 0.25) is 0 Å². The summed E-state index contributed by atoms with van der Waals surface area (Å²) in [5, 5.41) is 12.8. The van der Waals surface area contributed by atoms with Crippen molar-refractivity contribution in [1.29, 1.82) is 0 Å². The number of benzene rings is 1. The Morgan fingerprint density at radius 3 is 2.75 bits per heavy atom. The van der Waals surface area contributed by atoms with Crippen LogP contribution in [0.25, 0.3) is 0 Å². The van der Waals surface area contributed by atoms with E-state index in [1.54, 1.807) is 23.5 Å². The molecule has 16 heavy (non-hydrogen) atoms. The second-order valence-electron chi connectivity index (χ2n) is 2.99. The van der Waals surface area contributed by atoms with E-state index >= 15 is 0 Å². The van der Waals surface area contributed by atoms with Crippen LogP contribution in [0.4, 0.5) is 11.4 Å². The molecule has 6 heteroatoms. The fourth-order valence-electron chi connectivity index (χ4n) is 1.25. The number of nitrogens with zero attached hydrogens (tertiary/aromatic N) is 1. The van der Waals surface area contributed by atoms with Gasteiger partial charge < -0.3 is 5.73 Å². The Balaban J connectivity index is 2.40. The number of thiophene rings is 1. The lowest BCUT2D eigenvalue weighted by molar-refractivity contribution is -0.386. The molecule has 1 aromatic carbocycles. The maximum atomic E-state index is 10.9. The van der Waals surface area contributed by atoms with Gasteiger partial charge in [-0.3, -0.25) is 10.1 Å². The van der Waals surface area contributed by atoms with Gasteiger partial charge in [0, 0.05) is 0 Å². The summed E-state index contributed by atoms with van der Waals surface area (Å²) in [5.74, 6) is 0. The SMILES string of the molecule is Nc1cccc(Sc2cccs2)c1[N+](=O)[O-]. The molecule has 1 heterocycles. The molecule has 4 nitrogen and oxygen atoms in total. The van der Waals surface area contributed by atoms with Crippen molar-refractivity contribution in [2.24, 2.45) is 0 Å². The van der Waals surface area contributed by atoms with Gasteiger partial charge in [0.15, 0.2) is 0 Å². The highest BCUT2D eigenvalue weighted by molar-refractivity contribution is 8.01. The monoisotopic (exact) mass is 252 g/mol. The average molecular weight is 252 g/mol. The van der Waals surface area contributed by atoms with Gasteiger partial charge in [-0.05, 0) is 23.6 Å². The molecule has 0 aliphatic carbocycles. The third-order valence-corrected chi connectivity index (χ3v) is 4.01. The summed E-state index contributed by atoms with van der Waals surface area (Å²) in [6, 6.07) is 8.79. The topological polar surface area (TPSA) is 69.2 Å². The highest BCUT2D eigenvalue weighted by atomic mass is 32.2. The molecular weight excluding hydrogens is 244 g/mol. The van der Waals surface area contributed by atoms with Crippen LogP contribution in [0.15, 0.2) is 44.8 Å². The van der Waals surface area contributed by atoms with Crippen LogP contribution in [-0.2, 0) is 0 Å². The zero-order valence-electron chi connectivity index (χ0n) is 8.12. The summed E-state index contributed by atoms with van der Waals surface area (Å²) < 4.78 is 1.01. The van der Waals surface area contributed by atoms with Gasteiger partial charge in [0.05, 0.1) is 14.0 Å². The minimum Gasteiger partial charge on any atom is -0.393 e. The number of hydrogen-bond donors (Lipinski definition) is 1. The van der Waals surface area contributed by atoms with E-state index in [1.807, 2.05) is 17.5 Å². The van der Waals surface area contributed by atoms with Gasteiger partial charge in [-0.1, -0.05) is 23.9 Å². The van der Waals surface area contributed by atoms with Gasteiger partial charge >= 0.3 is 5.69 Å². The zero-order chi connectivity index (χ0) is 11.5. The van der Waals surface area contributed by atoms with Crippen molar-refractivity contribution in [3.05, 3.63) is 45.8 Å². The van der Waals surface area contributed by atoms with Crippen LogP contribution >= 0.6 is 23.1 Å². The summed E-state index contributed by atoms with van der Waals surface area (Å²) in [4.78, 5) is 11.0. The summed E-state index contributed by atoms with van der Waals surface area (Å²) in [7, 11) is 0. The lowest BCUT2D eigenvalue weighted by Gasteiger charge is -2.02. The van der Waals surface area contributed by atoms with Crippen molar-refractivity contribution in [2.45, 2.75) is 9.10 Å². The Labute approximate surface area is 100 Å². The van der Waals surface area contributed by atoms with E-state index < -0.39 is 4.92 Å². The van der Waals surface area contributed by atoms with Gasteiger partial charge in [0.25, 0.3) is 0 Å². The van der Waals surface area contributed by atoms with E-state index in [0.29, 0.717) is 4.90 Å². The van der Waals surface area contributed by atoms with E-state index in [4.69, 9.17) is 5.73 Å². The number of nitrogens with two attached hydrogens (primary N) is 1. The molecule has 2 rings (SSSR count). The molecule has 0 saturated carbocycles. The summed E-state index contributed by atoms with van der Waals surface area (Å²) in [6.07, 6.45) is 0. The molecule has 2 N–H and O–H groups in total. The van der Waals surface area contributed by atoms with Gasteiger partial charge in [0.1, 0.15) is 5.69 Å². The molecule has 0 atom stereocenters. The van der Waals surface area contributed by atoms with Crippen molar-refractivity contribution in [3.8, 4) is 0 Å². The van der Waals surface area contributed by atoms with Crippen molar-refractivity contribution in [3.63, 3.8) is 0 Å². The first-order valence-corrected chi connectivity index (χ1v) is 6.12. The molecular formula is C10H8N2O2S2. The van der Waals surface area contributed by atoms with E-state index in [-0.39, 0.29) is 11.4 Å². The first-order chi connectivity index (χ1) is 7.68. The number of anilines is 1. The van der Waals surface area contributed by atoms with Crippen LogP contribution in [0.3, 0.4) is 0 Å². The normalized spacial score (nSPS) is 10.2. The molecule has 0 unspecified atom stereocenters. The molecule has 2 aromatic rings. The van der Waals surface area contributed by atoms with Crippen LogP contribution in [0.5, 0.6) is 0 Å². The molecule has 0 aliphatic rings. The predicted octanol–water partition coefficient (Wildman–Crippen LogP) is 3.39. The smallest absolute Gasteiger partial charge is 0.305 e. The first-order valence-electron chi connectivity index (χ1n) is 4.42. The van der Waals surface area contributed by atoms with Gasteiger partial charge in [-0.25, -0.2) is 0 Å². The Hall–Kier alpha value is -1.53. The van der Waals surface area contributed by atoms with Gasteiger partial charge in [-0.2, -0.15) is 0 Å². The minimum absolute atomic E-state index is 0.0131. The lowest BCUT2D eigenvalue weighted by Crippen LogP contribution is -1.96. The quantitative estimate of drug-likeness (QED) is 0.516. The van der Waals surface area contributed by atoms with Crippen molar-refractivity contribution in [1.82, 2.24) is 0 Å². The Morgan fingerprint density at radius 2 is 2.12 bits per heavy atom. The van der Waals surface area contributed by atoms with Crippen molar-refractivity contribution >= 4 is 34.5 Å². The minimum atomic E-state index is -0.439. The summed E-state index contributed by atoms with van der Waals surface area (Å²) in [5.41, 5.74) is 5.79. The van der Waals surface area contributed by atoms with Crippen LogP contribution < -0.4 is 5.73 Å². The van der Waals surface area contributed by atoms with E-state index in [0.717, 1.165) is 4.21 Å². The number of rotatable bonds is 3. The Bertz CT molecular complexity index is 512. The number of nitro benzene ring substituents is 1. The molecule has 0 fully saturated rings. The second kappa shape index (κ2) is 4.54. The summed E-state index contributed by atoms with van der Waals surface area (Å²) >= 11 is 2.90. The average Bonchev–Trinajstić information content (AvgIpc) is 2.70. The third kappa shape index (κ3) is 2.17. The number of hydrogen-bond acceptors (Lipinski definition) is 5. The fraction of sp³-hybridized carbons (Fsp3) is 0. The maximum Gasteiger partial charge on any atom is 0.305 e. The second-order valence-corrected chi connectivity index (χ2v) is 5.28. The molecule has 0 spiro atoms. The largest absolute Gasteiger partial charge is 0.393 e. The standard InChI is InChI=1S/C10H8N2O2S2/c11-7-3-1-4-8(10(7)12(13)14)16-9-5-2-6-15-9/h1-6H,11H2. The van der Waals surface area contributed by atoms with Gasteiger partial charge in [-0.15, -0.1) is 11.3 Å². The molecule has 1 aromatic heterocycles. The number of para-hydroxylation sites is 1. The molecule has 0 amide bonds. The Kier molecular flexibility index (Phi) is 3.12. The Morgan fingerprint density at radius 1 is 1.31 bits per heavy atom. The third-order valence-electron chi connectivity index (χ3n) is 1.92. The number of nitrogen functional groups attached to an aromatic ring is 1. The fourth-order valence-corrected chi connectivity index (χ4v) is 3.12. The molecule has 0 aliphatic heterocycles. The highest BCUT2D eigenvalue weighted by Gasteiger charge is 2.18. The van der Waals surface area contributed by atoms with Crippen molar-refractivity contribution in [2.75, 3.05) is 5.73 Å². The molecule has 82 valence electrons. The van der Waals surface area contributed by atoms with Gasteiger partial charge in [0.2, 0.25) is 0 Å².